The predicted octanol–water partition coefficient (Wildman–Crippen LogP) is 2.05. The monoisotopic (exact) mass is 588 g/mol. The Hall–Kier alpha value is -2.70. The standard InChI is InChI=1S/C12H14N2S.C10H19NO2.C7H13N3O.CH2O/c1-9-12(15-8-14-9)11-5-3-10(4-6-11)7-13-2;1-10(2,3)6-9(13)11-5-4-8(12)7-11;8-6(11)1-10-4-7(5-10)2-9-3-7;1-2/h3-6,8,13H,7H2,1-2H3;8,12H,4-7H2,1-3H3;9H,1-5H2,(H2,8,11);1H2. The van der Waals surface area contributed by atoms with Crippen LogP contribution in [-0.2, 0) is 20.9 Å². The van der Waals surface area contributed by atoms with E-state index in [1.165, 1.54) is 16.0 Å². The summed E-state index contributed by atoms with van der Waals surface area (Å²) in [6.07, 6.45) is 0.999. The number of hydrogen-bond acceptors (Lipinski definition) is 9. The molecule has 0 saturated carbocycles. The zero-order valence-electron chi connectivity index (χ0n) is 25.2. The van der Waals surface area contributed by atoms with Gasteiger partial charge in [-0.1, -0.05) is 45.0 Å². The lowest BCUT2D eigenvalue weighted by atomic mass is 9.74. The zero-order valence-corrected chi connectivity index (χ0v) is 26.1. The van der Waals surface area contributed by atoms with Crippen LogP contribution in [0.1, 0.15) is 44.9 Å². The number of nitrogens with one attached hydrogen (secondary N) is 2. The number of aliphatic hydroxyl groups is 1. The number of thiazole rings is 1. The van der Waals surface area contributed by atoms with Gasteiger partial charge in [0.05, 0.1) is 28.7 Å². The van der Waals surface area contributed by atoms with Crippen molar-refractivity contribution in [3.8, 4) is 10.4 Å². The molecule has 11 heteroatoms. The van der Waals surface area contributed by atoms with Gasteiger partial charge in [0.15, 0.2) is 0 Å². The average molecular weight is 589 g/mol. The summed E-state index contributed by atoms with van der Waals surface area (Å²) in [5, 5.41) is 15.6. The number of nitrogens with zero attached hydrogens (tertiary/aromatic N) is 3. The van der Waals surface area contributed by atoms with Crippen LogP contribution in [0.25, 0.3) is 10.4 Å². The van der Waals surface area contributed by atoms with Crippen molar-refractivity contribution in [3.05, 3.63) is 41.0 Å². The Balaban J connectivity index is 0.000000211. The molecule has 3 aliphatic heterocycles. The summed E-state index contributed by atoms with van der Waals surface area (Å²) in [6, 6.07) is 8.64. The van der Waals surface area contributed by atoms with Gasteiger partial charge in [-0.2, -0.15) is 0 Å². The van der Waals surface area contributed by atoms with Crippen molar-refractivity contribution < 1.29 is 19.5 Å². The molecule has 10 nitrogen and oxygen atoms in total. The van der Waals surface area contributed by atoms with E-state index in [1.807, 2.05) is 26.3 Å². The largest absolute Gasteiger partial charge is 0.391 e. The number of nitrogens with two attached hydrogens (primary N) is 1. The first-order chi connectivity index (χ1) is 19.4. The lowest BCUT2D eigenvalue weighted by Gasteiger charge is -2.55. The van der Waals surface area contributed by atoms with Gasteiger partial charge in [0, 0.05) is 57.6 Å². The fourth-order valence-electron chi connectivity index (χ4n) is 5.03. The molecule has 0 bridgehead atoms. The first-order valence-electron chi connectivity index (χ1n) is 14.0. The van der Waals surface area contributed by atoms with Crippen LogP contribution in [0.4, 0.5) is 0 Å². The Morgan fingerprint density at radius 2 is 1.85 bits per heavy atom. The summed E-state index contributed by atoms with van der Waals surface area (Å²) >= 11 is 1.70. The fourth-order valence-corrected chi connectivity index (χ4v) is 5.84. The van der Waals surface area contributed by atoms with Crippen LogP contribution in [0.3, 0.4) is 0 Å². The van der Waals surface area contributed by atoms with Crippen molar-refractivity contribution >= 4 is 29.9 Å². The summed E-state index contributed by atoms with van der Waals surface area (Å²) in [5.74, 6) is -0.0452. The third kappa shape index (κ3) is 11.2. The molecule has 5 rings (SSSR count). The number of aromatic nitrogens is 1. The minimum absolute atomic E-state index is 0.0463. The maximum Gasteiger partial charge on any atom is 0.231 e. The van der Waals surface area contributed by atoms with Crippen LogP contribution >= 0.6 is 11.3 Å². The first-order valence-corrected chi connectivity index (χ1v) is 14.9. The quantitative estimate of drug-likeness (QED) is 0.402. The van der Waals surface area contributed by atoms with Gasteiger partial charge in [0.2, 0.25) is 11.8 Å². The van der Waals surface area contributed by atoms with Gasteiger partial charge in [-0.15, -0.1) is 11.3 Å². The molecule has 41 heavy (non-hydrogen) atoms. The van der Waals surface area contributed by atoms with E-state index in [-0.39, 0.29) is 23.3 Å². The van der Waals surface area contributed by atoms with Crippen molar-refractivity contribution in [1.29, 1.82) is 0 Å². The number of carbonyl (C=O) groups is 3. The number of hydrogen-bond donors (Lipinski definition) is 4. The third-order valence-electron chi connectivity index (χ3n) is 7.04. The molecular weight excluding hydrogens is 540 g/mol. The molecule has 2 amide bonds. The number of rotatable bonds is 6. The zero-order chi connectivity index (χ0) is 30.6. The Morgan fingerprint density at radius 1 is 1.22 bits per heavy atom. The van der Waals surface area contributed by atoms with Gasteiger partial charge < -0.3 is 31.2 Å². The molecule has 2 aromatic rings. The van der Waals surface area contributed by atoms with Crippen LogP contribution in [0, 0.1) is 17.8 Å². The molecule has 5 N–H and O–H groups in total. The second-order valence-corrected chi connectivity index (χ2v) is 13.1. The Bertz CT molecular complexity index is 1090. The summed E-state index contributed by atoms with van der Waals surface area (Å²) in [5.41, 5.74) is 11.2. The van der Waals surface area contributed by atoms with Gasteiger partial charge in [0.1, 0.15) is 6.79 Å². The third-order valence-corrected chi connectivity index (χ3v) is 8.02. The van der Waals surface area contributed by atoms with Crippen molar-refractivity contribution in [2.75, 3.05) is 52.9 Å². The van der Waals surface area contributed by atoms with E-state index < -0.39 is 0 Å². The maximum absolute atomic E-state index is 11.6. The minimum Gasteiger partial charge on any atom is -0.391 e. The van der Waals surface area contributed by atoms with Crippen molar-refractivity contribution in [2.45, 2.75) is 53.2 Å². The number of β-amino-alcohol motifs (C(OH)–C–C–N with tert-alkyl or cyclic N) is 1. The molecule has 1 aromatic heterocycles. The van der Waals surface area contributed by atoms with Gasteiger partial charge >= 0.3 is 0 Å². The van der Waals surface area contributed by atoms with Crippen molar-refractivity contribution in [3.63, 3.8) is 0 Å². The number of primary amides is 1. The Kier molecular flexibility index (Phi) is 13.5. The molecule has 3 aliphatic rings. The summed E-state index contributed by atoms with van der Waals surface area (Å²) in [7, 11) is 1.96. The Labute approximate surface area is 248 Å². The molecule has 0 radical (unpaired) electrons. The Morgan fingerprint density at radius 3 is 2.27 bits per heavy atom. The highest BCUT2D eigenvalue weighted by molar-refractivity contribution is 7.13. The number of aliphatic hydroxyl groups excluding tert-OH is 1. The topological polar surface area (TPSA) is 141 Å². The van der Waals surface area contributed by atoms with E-state index in [0.717, 1.165) is 51.4 Å². The van der Waals surface area contributed by atoms with Crippen LogP contribution in [0.15, 0.2) is 29.8 Å². The molecule has 4 heterocycles. The molecule has 1 aromatic carbocycles. The second kappa shape index (κ2) is 16.1. The molecule has 228 valence electrons. The number of amides is 2. The first kappa shape index (κ1) is 34.5. The van der Waals surface area contributed by atoms with E-state index in [2.05, 4.69) is 65.6 Å². The number of carbonyl (C=O) groups excluding carboxylic acids is 3. The van der Waals surface area contributed by atoms with Gasteiger partial charge in [-0.05, 0) is 36.9 Å². The fraction of sp³-hybridized carbons (Fsp3) is 0.600. The van der Waals surface area contributed by atoms with Crippen LogP contribution in [0.5, 0.6) is 0 Å². The number of benzene rings is 1. The van der Waals surface area contributed by atoms with Crippen LogP contribution in [0.2, 0.25) is 0 Å². The summed E-state index contributed by atoms with van der Waals surface area (Å²) in [4.78, 5) is 39.5. The molecule has 3 saturated heterocycles. The average Bonchev–Trinajstić information content (AvgIpc) is 3.50. The van der Waals surface area contributed by atoms with Crippen molar-refractivity contribution in [2.24, 2.45) is 16.6 Å². The maximum atomic E-state index is 11.6. The van der Waals surface area contributed by atoms with Crippen LogP contribution in [-0.4, -0.2) is 97.5 Å². The van der Waals surface area contributed by atoms with Gasteiger partial charge in [0.25, 0.3) is 0 Å². The lowest BCUT2D eigenvalue weighted by molar-refractivity contribution is -0.132. The highest BCUT2D eigenvalue weighted by atomic mass is 32.1. The molecule has 1 unspecified atom stereocenters. The van der Waals surface area contributed by atoms with E-state index >= 15 is 0 Å². The number of likely N-dealkylation sites (tertiary alicyclic amines) is 2. The molecular formula is C30H48N6O4S. The molecule has 3 fully saturated rings. The highest BCUT2D eigenvalue weighted by Crippen LogP contribution is 2.33. The van der Waals surface area contributed by atoms with Gasteiger partial charge in [-0.3, -0.25) is 14.5 Å². The molecule has 0 aliphatic carbocycles. The van der Waals surface area contributed by atoms with E-state index in [4.69, 9.17) is 10.5 Å². The van der Waals surface area contributed by atoms with E-state index in [9.17, 15) is 14.7 Å². The van der Waals surface area contributed by atoms with E-state index in [0.29, 0.717) is 24.9 Å². The number of aryl methyl sites for hydroxylation is 1. The highest BCUT2D eigenvalue weighted by Gasteiger charge is 2.47. The van der Waals surface area contributed by atoms with Gasteiger partial charge in [-0.25, -0.2) is 4.98 Å². The van der Waals surface area contributed by atoms with E-state index in [1.54, 1.807) is 16.2 Å². The summed E-state index contributed by atoms with van der Waals surface area (Å²) in [6.45, 7) is 17.1. The minimum atomic E-state index is -0.302. The molecule has 1 spiro atoms. The smallest absolute Gasteiger partial charge is 0.231 e. The molecule has 1 atom stereocenters. The predicted molar refractivity (Wildman–Crippen MR) is 164 cm³/mol. The SMILES string of the molecule is C=O.CC(C)(C)CC(=O)N1CCC(O)C1.CNCc1ccc(-c2scnc2C)cc1.NC(=O)CN1CC2(CNC2)C1. The second-order valence-electron chi connectivity index (χ2n) is 12.2. The van der Waals surface area contributed by atoms with Crippen LogP contribution < -0.4 is 16.4 Å². The van der Waals surface area contributed by atoms with Crippen molar-refractivity contribution in [1.82, 2.24) is 25.4 Å². The summed E-state index contributed by atoms with van der Waals surface area (Å²) < 4.78 is 0. The lowest BCUT2D eigenvalue weighted by Crippen LogP contribution is -2.71. The normalized spacial score (nSPS) is 18.9.